The van der Waals surface area contributed by atoms with Crippen molar-refractivity contribution in [1.82, 2.24) is 20.1 Å². The van der Waals surface area contributed by atoms with Crippen LogP contribution in [0.1, 0.15) is 5.69 Å². The lowest BCUT2D eigenvalue weighted by molar-refractivity contribution is 0.252. The lowest BCUT2D eigenvalue weighted by Gasteiger charge is -2.04. The Morgan fingerprint density at radius 3 is 2.86 bits per heavy atom. The summed E-state index contributed by atoms with van der Waals surface area (Å²) in [5, 5.41) is 12.3. The van der Waals surface area contributed by atoms with Crippen molar-refractivity contribution in [3.63, 3.8) is 0 Å². The fourth-order valence-corrected chi connectivity index (χ4v) is 2.47. The molecule has 0 atom stereocenters. The highest BCUT2D eigenvalue weighted by Crippen LogP contribution is 2.09. The standard InChI is InChI=1S/C15H15N5OS/c21-14(18-15-17-9-11-22-15)16-8-6-12-7-10-20(19-12)13-4-2-1-3-5-13/h1-5,7,9-11H,6,8H2,(H2,16,17,18,21). The fraction of sp³-hybridized carbons (Fsp3) is 0.133. The number of para-hydroxylation sites is 1. The Morgan fingerprint density at radius 2 is 2.09 bits per heavy atom. The van der Waals surface area contributed by atoms with Gasteiger partial charge in [-0.3, -0.25) is 5.32 Å². The van der Waals surface area contributed by atoms with Crippen molar-refractivity contribution < 1.29 is 4.79 Å². The number of hydrogen-bond donors (Lipinski definition) is 2. The summed E-state index contributed by atoms with van der Waals surface area (Å²) in [6, 6.07) is 11.6. The third kappa shape index (κ3) is 3.70. The Morgan fingerprint density at radius 1 is 1.23 bits per heavy atom. The Balaban J connectivity index is 1.48. The number of urea groups is 1. The number of thiazole rings is 1. The number of nitrogens with one attached hydrogen (secondary N) is 2. The van der Waals surface area contributed by atoms with Crippen molar-refractivity contribution in [2.45, 2.75) is 6.42 Å². The van der Waals surface area contributed by atoms with Crippen LogP contribution >= 0.6 is 11.3 Å². The Hall–Kier alpha value is -2.67. The predicted molar refractivity (Wildman–Crippen MR) is 86.4 cm³/mol. The number of carbonyl (C=O) groups excluding carboxylic acids is 1. The summed E-state index contributed by atoms with van der Waals surface area (Å²) in [5.74, 6) is 0. The summed E-state index contributed by atoms with van der Waals surface area (Å²) in [5.41, 5.74) is 1.95. The highest BCUT2D eigenvalue weighted by molar-refractivity contribution is 7.13. The molecule has 7 heteroatoms. The van der Waals surface area contributed by atoms with E-state index in [4.69, 9.17) is 0 Å². The maximum absolute atomic E-state index is 11.6. The second-order valence-corrected chi connectivity index (χ2v) is 5.45. The number of benzene rings is 1. The monoisotopic (exact) mass is 313 g/mol. The van der Waals surface area contributed by atoms with Crippen LogP contribution in [0, 0.1) is 0 Å². The highest BCUT2D eigenvalue weighted by atomic mass is 32.1. The second kappa shape index (κ2) is 6.86. The van der Waals surface area contributed by atoms with E-state index < -0.39 is 0 Å². The first-order valence-electron chi connectivity index (χ1n) is 6.85. The molecule has 2 heterocycles. The Bertz CT molecular complexity index is 723. The van der Waals surface area contributed by atoms with E-state index in [1.165, 1.54) is 11.3 Å². The summed E-state index contributed by atoms with van der Waals surface area (Å²) < 4.78 is 1.82. The molecule has 0 aliphatic rings. The molecular formula is C15H15N5OS. The van der Waals surface area contributed by atoms with Gasteiger partial charge < -0.3 is 5.32 Å². The smallest absolute Gasteiger partial charge is 0.321 e. The first kappa shape index (κ1) is 14.3. The topological polar surface area (TPSA) is 71.8 Å². The minimum atomic E-state index is -0.252. The molecule has 3 rings (SSSR count). The molecule has 3 aromatic rings. The van der Waals surface area contributed by atoms with Crippen molar-refractivity contribution in [1.29, 1.82) is 0 Å². The molecule has 0 saturated heterocycles. The maximum Gasteiger partial charge on any atom is 0.321 e. The van der Waals surface area contributed by atoms with Crippen LogP contribution in [0.4, 0.5) is 9.93 Å². The van der Waals surface area contributed by atoms with Crippen LogP contribution in [-0.2, 0) is 6.42 Å². The van der Waals surface area contributed by atoms with Gasteiger partial charge in [0.05, 0.1) is 11.4 Å². The number of anilines is 1. The highest BCUT2D eigenvalue weighted by Gasteiger charge is 2.04. The minimum absolute atomic E-state index is 0.252. The average molecular weight is 313 g/mol. The van der Waals surface area contributed by atoms with E-state index in [9.17, 15) is 4.79 Å². The van der Waals surface area contributed by atoms with Crippen LogP contribution in [0.5, 0.6) is 0 Å². The molecule has 0 unspecified atom stereocenters. The maximum atomic E-state index is 11.6. The number of rotatable bonds is 5. The van der Waals surface area contributed by atoms with Gasteiger partial charge in [-0.1, -0.05) is 18.2 Å². The number of carbonyl (C=O) groups is 1. The zero-order valence-corrected chi connectivity index (χ0v) is 12.6. The molecule has 0 bridgehead atoms. The van der Waals surface area contributed by atoms with Gasteiger partial charge in [-0.25, -0.2) is 14.5 Å². The van der Waals surface area contributed by atoms with Crippen molar-refractivity contribution in [2.75, 3.05) is 11.9 Å². The van der Waals surface area contributed by atoms with Crippen LogP contribution in [0.2, 0.25) is 0 Å². The molecule has 112 valence electrons. The van der Waals surface area contributed by atoms with E-state index in [0.29, 0.717) is 18.1 Å². The molecule has 2 N–H and O–H groups in total. The summed E-state index contributed by atoms with van der Waals surface area (Å²) in [4.78, 5) is 15.6. The molecule has 22 heavy (non-hydrogen) atoms. The van der Waals surface area contributed by atoms with Gasteiger partial charge in [0.2, 0.25) is 0 Å². The van der Waals surface area contributed by atoms with E-state index in [1.54, 1.807) is 6.20 Å². The Kier molecular flexibility index (Phi) is 4.45. The molecular weight excluding hydrogens is 298 g/mol. The van der Waals surface area contributed by atoms with E-state index >= 15 is 0 Å². The molecule has 0 radical (unpaired) electrons. The van der Waals surface area contributed by atoms with Crippen molar-refractivity contribution in [3.8, 4) is 5.69 Å². The summed E-state index contributed by atoms with van der Waals surface area (Å²) in [6.45, 7) is 0.517. The van der Waals surface area contributed by atoms with E-state index in [0.717, 1.165) is 11.4 Å². The lowest BCUT2D eigenvalue weighted by atomic mass is 10.3. The Labute approximate surface area is 131 Å². The van der Waals surface area contributed by atoms with Crippen molar-refractivity contribution in [3.05, 3.63) is 59.9 Å². The van der Waals surface area contributed by atoms with Crippen LogP contribution in [0.15, 0.2) is 54.2 Å². The van der Waals surface area contributed by atoms with Gasteiger partial charge in [-0.2, -0.15) is 5.10 Å². The number of aromatic nitrogens is 3. The first-order chi connectivity index (χ1) is 10.8. The third-order valence-electron chi connectivity index (χ3n) is 2.98. The van der Waals surface area contributed by atoms with Gasteiger partial charge in [0, 0.05) is 30.7 Å². The summed E-state index contributed by atoms with van der Waals surface area (Å²) >= 11 is 1.38. The van der Waals surface area contributed by atoms with Crippen LogP contribution in [-0.4, -0.2) is 27.3 Å². The zero-order valence-electron chi connectivity index (χ0n) is 11.8. The quantitative estimate of drug-likeness (QED) is 0.760. The van der Waals surface area contributed by atoms with Crippen LogP contribution in [0.25, 0.3) is 5.69 Å². The minimum Gasteiger partial charge on any atom is -0.337 e. The zero-order chi connectivity index (χ0) is 15.2. The largest absolute Gasteiger partial charge is 0.337 e. The van der Waals surface area contributed by atoms with Gasteiger partial charge in [-0.15, -0.1) is 11.3 Å². The molecule has 6 nitrogen and oxygen atoms in total. The molecule has 0 spiro atoms. The molecule has 0 saturated carbocycles. The SMILES string of the molecule is O=C(NCCc1ccn(-c2ccccc2)n1)Nc1nccs1. The predicted octanol–water partition coefficient (Wildman–Crippen LogP) is 2.69. The lowest BCUT2D eigenvalue weighted by Crippen LogP contribution is -2.30. The van der Waals surface area contributed by atoms with E-state index in [1.807, 2.05) is 52.7 Å². The van der Waals surface area contributed by atoms with Gasteiger partial charge in [0.1, 0.15) is 0 Å². The molecule has 1 aromatic carbocycles. The number of amides is 2. The molecule has 0 aliphatic carbocycles. The van der Waals surface area contributed by atoms with Gasteiger partial charge in [0.15, 0.2) is 5.13 Å². The fourth-order valence-electron chi connectivity index (χ4n) is 1.95. The molecule has 0 fully saturated rings. The number of hydrogen-bond acceptors (Lipinski definition) is 4. The van der Waals surface area contributed by atoms with Gasteiger partial charge in [-0.05, 0) is 18.2 Å². The van der Waals surface area contributed by atoms with Crippen molar-refractivity contribution >= 4 is 22.5 Å². The first-order valence-corrected chi connectivity index (χ1v) is 7.73. The molecule has 0 aliphatic heterocycles. The average Bonchev–Trinajstić information content (AvgIpc) is 3.20. The molecule has 2 amide bonds. The van der Waals surface area contributed by atoms with E-state index in [2.05, 4.69) is 20.7 Å². The normalized spacial score (nSPS) is 10.4. The number of nitrogens with zero attached hydrogens (tertiary/aromatic N) is 3. The van der Waals surface area contributed by atoms with Gasteiger partial charge in [0.25, 0.3) is 0 Å². The van der Waals surface area contributed by atoms with Crippen molar-refractivity contribution in [2.24, 2.45) is 0 Å². The second-order valence-electron chi connectivity index (χ2n) is 4.56. The van der Waals surface area contributed by atoms with E-state index in [-0.39, 0.29) is 6.03 Å². The summed E-state index contributed by atoms with van der Waals surface area (Å²) in [6.07, 6.45) is 4.24. The van der Waals surface area contributed by atoms with Gasteiger partial charge >= 0.3 is 6.03 Å². The van der Waals surface area contributed by atoms with Crippen LogP contribution < -0.4 is 10.6 Å². The molecule has 2 aromatic heterocycles. The third-order valence-corrected chi connectivity index (χ3v) is 3.67. The summed E-state index contributed by atoms with van der Waals surface area (Å²) in [7, 11) is 0. The van der Waals surface area contributed by atoms with Crippen LogP contribution in [0.3, 0.4) is 0 Å².